The lowest BCUT2D eigenvalue weighted by Crippen LogP contribution is -2.13. The first kappa shape index (κ1) is 11.9. The van der Waals surface area contributed by atoms with Crippen LogP contribution < -0.4 is 5.32 Å². The van der Waals surface area contributed by atoms with E-state index >= 15 is 0 Å². The van der Waals surface area contributed by atoms with Gasteiger partial charge in [-0.3, -0.25) is 9.67 Å². The predicted molar refractivity (Wildman–Crippen MR) is 75.5 cm³/mol. The molecule has 0 saturated carbocycles. The third-order valence-electron chi connectivity index (χ3n) is 3.13. The molecule has 0 fully saturated rings. The first-order valence-corrected chi connectivity index (χ1v) is 6.35. The van der Waals surface area contributed by atoms with Gasteiger partial charge in [-0.05, 0) is 23.8 Å². The fourth-order valence-corrected chi connectivity index (χ4v) is 2.19. The van der Waals surface area contributed by atoms with Crippen LogP contribution in [0.2, 0.25) is 0 Å². The van der Waals surface area contributed by atoms with Crippen molar-refractivity contribution in [2.75, 3.05) is 0 Å². The van der Waals surface area contributed by atoms with Crippen LogP contribution in [0.3, 0.4) is 0 Å². The molecule has 0 unspecified atom stereocenters. The summed E-state index contributed by atoms with van der Waals surface area (Å²) in [6.45, 7) is 1.59. The van der Waals surface area contributed by atoms with E-state index in [2.05, 4.69) is 27.5 Å². The van der Waals surface area contributed by atoms with Crippen molar-refractivity contribution in [2.24, 2.45) is 7.05 Å². The van der Waals surface area contributed by atoms with E-state index in [-0.39, 0.29) is 0 Å². The van der Waals surface area contributed by atoms with Gasteiger partial charge in [0.05, 0.1) is 11.2 Å². The number of fused-ring (bicyclic) bond motifs is 1. The van der Waals surface area contributed by atoms with Crippen LogP contribution in [0.4, 0.5) is 0 Å². The van der Waals surface area contributed by atoms with Crippen LogP contribution in [0.5, 0.6) is 0 Å². The van der Waals surface area contributed by atoms with Crippen LogP contribution in [0.25, 0.3) is 10.9 Å². The lowest BCUT2D eigenvalue weighted by atomic mass is 10.1. The summed E-state index contributed by atoms with van der Waals surface area (Å²) in [4.78, 5) is 4.37. The van der Waals surface area contributed by atoms with Crippen LogP contribution in [-0.2, 0) is 20.1 Å². The molecule has 0 spiro atoms. The van der Waals surface area contributed by atoms with Crippen LogP contribution in [0.15, 0.2) is 48.8 Å². The van der Waals surface area contributed by atoms with Crippen molar-refractivity contribution in [1.82, 2.24) is 20.1 Å². The van der Waals surface area contributed by atoms with Crippen molar-refractivity contribution in [3.05, 3.63) is 60.0 Å². The number of nitrogens with zero attached hydrogens (tertiary/aromatic N) is 3. The van der Waals surface area contributed by atoms with Gasteiger partial charge in [0.2, 0.25) is 0 Å². The Morgan fingerprint density at radius 3 is 2.84 bits per heavy atom. The number of para-hydroxylation sites is 1. The number of rotatable bonds is 4. The Hall–Kier alpha value is -2.20. The highest BCUT2D eigenvalue weighted by atomic mass is 15.3. The van der Waals surface area contributed by atoms with Crippen molar-refractivity contribution in [1.29, 1.82) is 0 Å². The fraction of sp³-hybridized carbons (Fsp3) is 0.200. The largest absolute Gasteiger partial charge is 0.307 e. The third-order valence-corrected chi connectivity index (χ3v) is 3.13. The Morgan fingerprint density at radius 2 is 2.00 bits per heavy atom. The summed E-state index contributed by atoms with van der Waals surface area (Å²) in [5, 5.41) is 8.97. The van der Waals surface area contributed by atoms with Gasteiger partial charge < -0.3 is 5.32 Å². The summed E-state index contributed by atoms with van der Waals surface area (Å²) in [5.74, 6) is 0. The Labute approximate surface area is 112 Å². The van der Waals surface area contributed by atoms with E-state index in [0.717, 1.165) is 24.3 Å². The Morgan fingerprint density at radius 1 is 1.11 bits per heavy atom. The smallest absolute Gasteiger partial charge is 0.0762 e. The molecule has 0 amide bonds. The molecule has 0 aliphatic heterocycles. The number of aromatic nitrogens is 3. The maximum absolute atomic E-state index is 4.37. The molecular weight excluding hydrogens is 236 g/mol. The van der Waals surface area contributed by atoms with Crippen molar-refractivity contribution >= 4 is 10.9 Å². The second-order valence-corrected chi connectivity index (χ2v) is 4.57. The molecule has 0 aliphatic carbocycles. The van der Waals surface area contributed by atoms with Gasteiger partial charge in [0.15, 0.2) is 0 Å². The molecule has 1 N–H and O–H groups in total. The number of hydrogen-bond acceptors (Lipinski definition) is 3. The molecule has 96 valence electrons. The SMILES string of the molecule is Cn1ccc(CNCc2ccnc3ccccc23)n1. The highest BCUT2D eigenvalue weighted by Crippen LogP contribution is 2.15. The van der Waals surface area contributed by atoms with Crippen molar-refractivity contribution in [3.63, 3.8) is 0 Å². The number of hydrogen-bond donors (Lipinski definition) is 1. The van der Waals surface area contributed by atoms with E-state index in [1.165, 1.54) is 10.9 Å². The van der Waals surface area contributed by atoms with Crippen molar-refractivity contribution < 1.29 is 0 Å². The topological polar surface area (TPSA) is 42.7 Å². The Kier molecular flexibility index (Phi) is 3.25. The zero-order chi connectivity index (χ0) is 13.1. The van der Waals surface area contributed by atoms with Gasteiger partial charge in [-0.25, -0.2) is 0 Å². The molecule has 4 nitrogen and oxygen atoms in total. The Balaban J connectivity index is 1.71. The standard InChI is InChI=1S/C15H16N4/c1-19-9-7-13(18-19)11-16-10-12-6-8-17-15-5-3-2-4-14(12)15/h2-9,16H,10-11H2,1H3. The van der Waals surface area contributed by atoms with Crippen LogP contribution >= 0.6 is 0 Å². The molecule has 0 atom stereocenters. The normalized spacial score (nSPS) is 11.0. The summed E-state index contributed by atoms with van der Waals surface area (Å²) in [6, 6.07) is 12.3. The van der Waals surface area contributed by atoms with E-state index in [1.807, 2.05) is 48.4 Å². The molecule has 1 aromatic carbocycles. The second-order valence-electron chi connectivity index (χ2n) is 4.57. The van der Waals surface area contributed by atoms with E-state index < -0.39 is 0 Å². The van der Waals surface area contributed by atoms with Gasteiger partial charge in [0.25, 0.3) is 0 Å². The van der Waals surface area contributed by atoms with E-state index in [9.17, 15) is 0 Å². The molecule has 2 aromatic heterocycles. The number of benzene rings is 1. The van der Waals surface area contributed by atoms with Crippen LogP contribution in [0.1, 0.15) is 11.3 Å². The first-order valence-electron chi connectivity index (χ1n) is 6.35. The lowest BCUT2D eigenvalue weighted by molar-refractivity contribution is 0.658. The summed E-state index contributed by atoms with van der Waals surface area (Å²) in [6.07, 6.45) is 3.82. The highest BCUT2D eigenvalue weighted by molar-refractivity contribution is 5.81. The molecule has 4 heteroatoms. The first-order chi connectivity index (χ1) is 9.33. The zero-order valence-electron chi connectivity index (χ0n) is 10.9. The average Bonchev–Trinajstić information content (AvgIpc) is 2.85. The quantitative estimate of drug-likeness (QED) is 0.774. The maximum atomic E-state index is 4.37. The third kappa shape index (κ3) is 2.63. The van der Waals surface area contributed by atoms with E-state index in [1.54, 1.807) is 0 Å². The molecule has 19 heavy (non-hydrogen) atoms. The zero-order valence-corrected chi connectivity index (χ0v) is 10.9. The van der Waals surface area contributed by atoms with E-state index in [0.29, 0.717) is 0 Å². The second kappa shape index (κ2) is 5.20. The van der Waals surface area contributed by atoms with Gasteiger partial charge >= 0.3 is 0 Å². The van der Waals surface area contributed by atoms with Crippen molar-refractivity contribution in [3.8, 4) is 0 Å². The lowest BCUT2D eigenvalue weighted by Gasteiger charge is -2.06. The minimum atomic E-state index is 0.775. The average molecular weight is 252 g/mol. The monoisotopic (exact) mass is 252 g/mol. The molecule has 0 radical (unpaired) electrons. The predicted octanol–water partition coefficient (Wildman–Crippen LogP) is 2.26. The molecular formula is C15H16N4. The summed E-state index contributed by atoms with van der Waals surface area (Å²) >= 11 is 0. The highest BCUT2D eigenvalue weighted by Gasteiger charge is 2.01. The number of nitrogens with one attached hydrogen (secondary N) is 1. The maximum Gasteiger partial charge on any atom is 0.0762 e. The van der Waals surface area contributed by atoms with Crippen molar-refractivity contribution in [2.45, 2.75) is 13.1 Å². The Bertz CT molecular complexity index is 682. The van der Waals surface area contributed by atoms with Gasteiger partial charge in [0, 0.05) is 37.9 Å². The summed E-state index contributed by atoms with van der Waals surface area (Å²) in [7, 11) is 1.93. The summed E-state index contributed by atoms with van der Waals surface area (Å²) < 4.78 is 1.82. The molecule has 3 aromatic rings. The van der Waals surface area contributed by atoms with E-state index in [4.69, 9.17) is 0 Å². The molecule has 0 aliphatic rings. The number of aryl methyl sites for hydroxylation is 1. The molecule has 3 rings (SSSR count). The van der Waals surface area contributed by atoms with Gasteiger partial charge in [-0.2, -0.15) is 5.10 Å². The van der Waals surface area contributed by atoms with Gasteiger partial charge in [0.1, 0.15) is 0 Å². The van der Waals surface area contributed by atoms with Crippen LogP contribution in [0, 0.1) is 0 Å². The number of pyridine rings is 1. The minimum Gasteiger partial charge on any atom is -0.307 e. The molecule has 0 saturated heterocycles. The minimum absolute atomic E-state index is 0.775. The van der Waals surface area contributed by atoms with Gasteiger partial charge in [-0.15, -0.1) is 0 Å². The fourth-order valence-electron chi connectivity index (χ4n) is 2.19. The van der Waals surface area contributed by atoms with Crippen LogP contribution in [-0.4, -0.2) is 14.8 Å². The molecule has 2 heterocycles. The van der Waals surface area contributed by atoms with Gasteiger partial charge in [-0.1, -0.05) is 18.2 Å². The molecule has 0 bridgehead atoms. The summed E-state index contributed by atoms with van der Waals surface area (Å²) in [5.41, 5.74) is 3.36.